The highest BCUT2D eigenvalue weighted by molar-refractivity contribution is 7.90. The molecule has 2 N–H and O–H groups in total. The van der Waals surface area contributed by atoms with Crippen molar-refractivity contribution in [2.24, 2.45) is 11.8 Å². The number of methoxy groups -OCH3 is 2. The van der Waals surface area contributed by atoms with Gasteiger partial charge in [0.25, 0.3) is 5.91 Å². The molecule has 0 unspecified atom stereocenters. The minimum atomic E-state index is -4.18. The third-order valence-corrected chi connectivity index (χ3v) is 12.5. The van der Waals surface area contributed by atoms with Crippen molar-refractivity contribution in [3.63, 3.8) is 0 Å². The van der Waals surface area contributed by atoms with E-state index in [1.165, 1.54) is 23.1 Å². The van der Waals surface area contributed by atoms with Gasteiger partial charge in [-0.1, -0.05) is 35.9 Å². The van der Waals surface area contributed by atoms with Gasteiger partial charge in [0.1, 0.15) is 5.75 Å². The summed E-state index contributed by atoms with van der Waals surface area (Å²) in [7, 11) is 0.510. The zero-order valence-corrected chi connectivity index (χ0v) is 30.6. The lowest BCUT2D eigenvalue weighted by atomic mass is 9.68. The number of aliphatic hydroxyl groups is 1. The number of ether oxygens (including phenoxy) is 3. The summed E-state index contributed by atoms with van der Waals surface area (Å²) < 4.78 is 45.2. The van der Waals surface area contributed by atoms with Crippen LogP contribution in [0.4, 0.5) is 5.69 Å². The van der Waals surface area contributed by atoms with Gasteiger partial charge in [0, 0.05) is 51.3 Å². The number of hydrogen-bond acceptors (Lipinski definition) is 9. The van der Waals surface area contributed by atoms with Crippen LogP contribution in [0.1, 0.15) is 55.2 Å². The molecule has 50 heavy (non-hydrogen) atoms. The monoisotopic (exact) mass is 729 g/mol. The van der Waals surface area contributed by atoms with Crippen LogP contribution in [-0.4, -0.2) is 96.2 Å². The van der Waals surface area contributed by atoms with Gasteiger partial charge in [0.2, 0.25) is 15.9 Å². The molecule has 272 valence electrons. The molecule has 11 nitrogen and oxygen atoms in total. The molecule has 2 aromatic carbocycles. The normalized spacial score (nSPS) is 29.2. The molecule has 1 spiro atoms. The van der Waals surface area contributed by atoms with Gasteiger partial charge in [0.15, 0.2) is 5.60 Å². The van der Waals surface area contributed by atoms with E-state index in [2.05, 4.69) is 17.0 Å². The van der Waals surface area contributed by atoms with Crippen molar-refractivity contribution in [1.29, 1.82) is 0 Å². The van der Waals surface area contributed by atoms with E-state index in [4.69, 9.17) is 25.8 Å². The first-order chi connectivity index (χ1) is 23.9. The lowest BCUT2D eigenvalue weighted by molar-refractivity contribution is -0.148. The minimum absolute atomic E-state index is 0.0722. The maximum Gasteiger partial charge on any atom is 0.270 e. The predicted octanol–water partition coefficient (Wildman–Crippen LogP) is 3.94. The molecule has 6 rings (SSSR count). The maximum atomic E-state index is 13.9. The molecule has 5 atom stereocenters. The standard InChI is InChI=1S/C37H48ClN3O8S/c1-40-16-5-4-8-32(48-3)29-12-9-26(29)22-41-23-36(15-6-7-25-19-28(38)11-13-30(25)36)24-49-33-14-10-27(20-31(33)41)37(44,21-34(40)42)35(43)39-50(45,46)18-17-47-2/h4,8,10-11,13-14,19-20,26,29,32,44H,5-7,9,12,15-18,21-24H2,1-3H3,(H,39,43)/b8-4-/t26-,29+,32-,36-,37+/m0/s1. The van der Waals surface area contributed by atoms with E-state index in [0.717, 1.165) is 32.1 Å². The largest absolute Gasteiger partial charge is 0.490 e. The van der Waals surface area contributed by atoms with E-state index < -0.39 is 39.6 Å². The molecule has 0 saturated heterocycles. The molecule has 2 heterocycles. The number of fused-ring (bicyclic) bond motifs is 4. The average Bonchev–Trinajstić information content (AvgIpc) is 3.22. The molecular formula is C37H48ClN3O8S. The molecule has 2 amide bonds. The zero-order valence-electron chi connectivity index (χ0n) is 29.0. The SMILES string of the molecule is COCCS(=O)(=O)NC(=O)[C@@]1(O)CC(=O)N(C)CC/C=C\[C@H](OC)[C@@H]2CC[C@H]2CN2C[C@@]3(CCCc4cc(Cl)ccc43)COc3ccc1cc32. The lowest BCUT2D eigenvalue weighted by Crippen LogP contribution is -2.50. The smallest absolute Gasteiger partial charge is 0.270 e. The number of carbonyl (C=O) groups excluding carboxylic acids is 2. The molecule has 2 bridgehead atoms. The average molecular weight is 730 g/mol. The van der Waals surface area contributed by atoms with Crippen molar-refractivity contribution in [3.05, 3.63) is 70.3 Å². The van der Waals surface area contributed by atoms with Crippen LogP contribution in [-0.2, 0) is 46.5 Å². The molecular weight excluding hydrogens is 682 g/mol. The summed E-state index contributed by atoms with van der Waals surface area (Å²) in [4.78, 5) is 31.2. The molecule has 2 aromatic rings. The first kappa shape index (κ1) is 36.6. The second-order valence-electron chi connectivity index (χ2n) is 14.3. The number of sulfonamides is 1. The van der Waals surface area contributed by atoms with Crippen LogP contribution in [0.2, 0.25) is 5.02 Å². The van der Waals surface area contributed by atoms with Gasteiger partial charge < -0.3 is 29.1 Å². The Labute approximate surface area is 299 Å². The Morgan fingerprint density at radius 1 is 1.18 bits per heavy atom. The van der Waals surface area contributed by atoms with Crippen LogP contribution in [0.3, 0.4) is 0 Å². The number of rotatable bonds is 6. The number of nitrogens with one attached hydrogen (secondary N) is 1. The van der Waals surface area contributed by atoms with E-state index >= 15 is 0 Å². The number of benzene rings is 2. The topological polar surface area (TPSA) is 135 Å². The number of carbonyl (C=O) groups is 2. The van der Waals surface area contributed by atoms with Gasteiger partial charge in [-0.15, -0.1) is 0 Å². The van der Waals surface area contributed by atoms with Crippen molar-refractivity contribution < 1.29 is 37.3 Å². The Morgan fingerprint density at radius 3 is 2.74 bits per heavy atom. The maximum absolute atomic E-state index is 13.9. The van der Waals surface area contributed by atoms with Crippen molar-refractivity contribution >= 4 is 39.1 Å². The van der Waals surface area contributed by atoms with Gasteiger partial charge in [-0.25, -0.2) is 8.42 Å². The first-order valence-electron chi connectivity index (χ1n) is 17.4. The van der Waals surface area contributed by atoms with Crippen LogP contribution >= 0.6 is 11.6 Å². The second kappa shape index (κ2) is 14.8. The van der Waals surface area contributed by atoms with E-state index in [9.17, 15) is 23.1 Å². The zero-order chi connectivity index (χ0) is 35.7. The van der Waals surface area contributed by atoms with Crippen LogP contribution in [0.25, 0.3) is 0 Å². The first-order valence-corrected chi connectivity index (χ1v) is 19.4. The molecule has 0 aromatic heterocycles. The number of nitrogens with zero attached hydrogens (tertiary/aromatic N) is 2. The number of hydrogen-bond donors (Lipinski definition) is 2. The second-order valence-corrected chi connectivity index (χ2v) is 16.6. The third-order valence-electron chi connectivity index (χ3n) is 11.1. The predicted molar refractivity (Wildman–Crippen MR) is 191 cm³/mol. The summed E-state index contributed by atoms with van der Waals surface area (Å²) in [6.45, 7) is 1.91. The molecule has 2 aliphatic heterocycles. The summed E-state index contributed by atoms with van der Waals surface area (Å²) in [6, 6.07) is 11.1. The van der Waals surface area contributed by atoms with Gasteiger partial charge in [-0.2, -0.15) is 0 Å². The highest BCUT2D eigenvalue weighted by atomic mass is 35.5. The lowest BCUT2D eigenvalue weighted by Gasteiger charge is -2.46. The van der Waals surface area contributed by atoms with Gasteiger partial charge in [0.05, 0.1) is 37.2 Å². The summed E-state index contributed by atoms with van der Waals surface area (Å²) >= 11 is 6.44. The van der Waals surface area contributed by atoms with Gasteiger partial charge in [-0.05, 0) is 91.3 Å². The summed E-state index contributed by atoms with van der Waals surface area (Å²) in [5.41, 5.74) is 0.351. The highest BCUT2D eigenvalue weighted by Gasteiger charge is 2.47. The number of aryl methyl sites for hydroxylation is 1. The van der Waals surface area contributed by atoms with Gasteiger partial charge in [-0.3, -0.25) is 14.3 Å². The van der Waals surface area contributed by atoms with Crippen molar-refractivity contribution in [2.45, 2.75) is 62.1 Å². The van der Waals surface area contributed by atoms with Crippen LogP contribution in [0, 0.1) is 11.8 Å². The van der Waals surface area contributed by atoms with E-state index in [0.29, 0.717) is 55.0 Å². The molecule has 4 aliphatic rings. The molecule has 0 radical (unpaired) electrons. The Kier molecular flexibility index (Phi) is 10.9. The highest BCUT2D eigenvalue weighted by Crippen LogP contribution is 2.47. The van der Waals surface area contributed by atoms with Crippen LogP contribution < -0.4 is 14.4 Å². The Balaban J connectivity index is 1.46. The van der Waals surface area contributed by atoms with Crippen molar-refractivity contribution in [1.82, 2.24) is 9.62 Å². The van der Waals surface area contributed by atoms with Crippen molar-refractivity contribution in [2.75, 3.05) is 64.8 Å². The summed E-state index contributed by atoms with van der Waals surface area (Å²) in [5, 5.41) is 12.9. The van der Waals surface area contributed by atoms with E-state index in [1.54, 1.807) is 32.4 Å². The van der Waals surface area contributed by atoms with Crippen LogP contribution in [0.5, 0.6) is 5.75 Å². The fourth-order valence-electron chi connectivity index (χ4n) is 8.06. The molecule has 2 aliphatic carbocycles. The van der Waals surface area contributed by atoms with Crippen molar-refractivity contribution in [3.8, 4) is 5.75 Å². The molecule has 1 saturated carbocycles. The van der Waals surface area contributed by atoms with Gasteiger partial charge >= 0.3 is 0 Å². The Morgan fingerprint density at radius 2 is 2.00 bits per heavy atom. The fourth-order valence-corrected chi connectivity index (χ4v) is 9.20. The Hall–Kier alpha value is -3.16. The fraction of sp³-hybridized carbons (Fsp3) is 0.568. The summed E-state index contributed by atoms with van der Waals surface area (Å²) in [5.74, 6) is -1.03. The van der Waals surface area contributed by atoms with E-state index in [-0.39, 0.29) is 29.6 Å². The number of amides is 2. The number of anilines is 1. The quantitative estimate of drug-likeness (QED) is 0.424. The molecule has 1 fully saturated rings. The van der Waals surface area contributed by atoms with E-state index in [1.807, 2.05) is 22.9 Å². The third kappa shape index (κ3) is 7.41. The molecule has 13 heteroatoms. The minimum Gasteiger partial charge on any atom is -0.490 e. The summed E-state index contributed by atoms with van der Waals surface area (Å²) in [6.07, 6.45) is 8.75. The number of halogens is 1. The Bertz CT molecular complexity index is 1740. The van der Waals surface area contributed by atoms with Crippen LogP contribution in [0.15, 0.2) is 48.6 Å².